The van der Waals surface area contributed by atoms with Crippen molar-refractivity contribution in [2.75, 3.05) is 25.1 Å². The zero-order chi connectivity index (χ0) is 20.6. The minimum Gasteiger partial charge on any atom is -0.497 e. The second kappa shape index (κ2) is 11.8. The highest BCUT2D eigenvalue weighted by molar-refractivity contribution is 14.0. The van der Waals surface area contributed by atoms with Gasteiger partial charge in [0, 0.05) is 31.7 Å². The van der Waals surface area contributed by atoms with Crippen LogP contribution in [0.15, 0.2) is 47.5 Å². The number of aryl methyl sites for hydroxylation is 1. The van der Waals surface area contributed by atoms with Crippen molar-refractivity contribution >= 4 is 41.5 Å². The summed E-state index contributed by atoms with van der Waals surface area (Å²) in [5, 5.41) is 6.66. The van der Waals surface area contributed by atoms with Gasteiger partial charge < -0.3 is 20.3 Å². The van der Waals surface area contributed by atoms with Crippen molar-refractivity contribution in [1.82, 2.24) is 10.6 Å². The Hall–Kier alpha value is -2.29. The summed E-state index contributed by atoms with van der Waals surface area (Å²) < 4.78 is 5.34. The second-order valence-electron chi connectivity index (χ2n) is 7.22. The summed E-state index contributed by atoms with van der Waals surface area (Å²) in [5.74, 6) is 1.83. The topological polar surface area (TPSA) is 66.0 Å². The predicted octanol–water partition coefficient (Wildman–Crippen LogP) is 4.00. The fourth-order valence-electron chi connectivity index (χ4n) is 3.45. The number of aliphatic imine (C=N–C) groups is 1. The number of amides is 1. The van der Waals surface area contributed by atoms with E-state index in [1.54, 1.807) is 7.11 Å². The molecule has 0 spiro atoms. The van der Waals surface area contributed by atoms with E-state index in [2.05, 4.69) is 42.7 Å². The molecule has 0 atom stereocenters. The number of rotatable bonds is 7. The lowest BCUT2D eigenvalue weighted by Gasteiger charge is -2.16. The first kappa shape index (κ1) is 24.0. The summed E-state index contributed by atoms with van der Waals surface area (Å²) in [7, 11) is 1.68. The molecule has 1 amide bonds. The van der Waals surface area contributed by atoms with Gasteiger partial charge in [-0.3, -0.25) is 4.79 Å². The molecule has 1 saturated heterocycles. The maximum atomic E-state index is 11.9. The lowest BCUT2D eigenvalue weighted by molar-refractivity contribution is -0.117. The van der Waals surface area contributed by atoms with Crippen LogP contribution in [0.2, 0.25) is 0 Å². The normalized spacial score (nSPS) is 13.8. The molecule has 1 aliphatic rings. The Bertz CT molecular complexity index is 868. The number of methoxy groups -OCH3 is 1. The first-order valence-corrected chi connectivity index (χ1v) is 10.1. The number of benzene rings is 2. The van der Waals surface area contributed by atoms with Crippen LogP contribution >= 0.6 is 24.0 Å². The molecular weight excluding hydrogens is 491 g/mol. The van der Waals surface area contributed by atoms with Crippen LogP contribution in [0.1, 0.15) is 36.5 Å². The maximum absolute atomic E-state index is 11.9. The lowest BCUT2D eigenvalue weighted by atomic mass is 10.1. The van der Waals surface area contributed by atoms with Crippen molar-refractivity contribution in [3.63, 3.8) is 0 Å². The summed E-state index contributed by atoms with van der Waals surface area (Å²) in [6.45, 7) is 6.95. The zero-order valence-corrected chi connectivity index (χ0v) is 20.2. The molecule has 0 radical (unpaired) electrons. The van der Waals surface area contributed by atoms with Gasteiger partial charge in [-0.05, 0) is 61.2 Å². The van der Waals surface area contributed by atoms with Crippen LogP contribution in [0.5, 0.6) is 5.75 Å². The Kier molecular flexibility index (Phi) is 9.42. The SMILES string of the molecule is CCNC(=NCc1cc(C)cc(OC)c1)NCc1ccc(N2CCCC2=O)cc1.I. The van der Waals surface area contributed by atoms with Crippen LogP contribution in [0, 0.1) is 6.92 Å². The molecule has 3 rings (SSSR count). The van der Waals surface area contributed by atoms with Crippen molar-refractivity contribution in [2.45, 2.75) is 39.8 Å². The van der Waals surface area contributed by atoms with E-state index in [9.17, 15) is 4.79 Å². The van der Waals surface area contributed by atoms with Gasteiger partial charge in [-0.25, -0.2) is 4.99 Å². The molecule has 0 unspecified atom stereocenters. The fourth-order valence-corrected chi connectivity index (χ4v) is 3.45. The second-order valence-corrected chi connectivity index (χ2v) is 7.22. The molecule has 0 aliphatic carbocycles. The molecule has 162 valence electrons. The summed E-state index contributed by atoms with van der Waals surface area (Å²) in [4.78, 5) is 18.4. The van der Waals surface area contributed by atoms with Crippen molar-refractivity contribution in [2.24, 2.45) is 4.99 Å². The predicted molar refractivity (Wildman–Crippen MR) is 133 cm³/mol. The molecule has 1 heterocycles. The number of hydrogen-bond donors (Lipinski definition) is 2. The molecule has 2 aromatic carbocycles. The number of ether oxygens (including phenoxy) is 1. The van der Waals surface area contributed by atoms with Gasteiger partial charge in [0.25, 0.3) is 0 Å². The summed E-state index contributed by atoms with van der Waals surface area (Å²) in [6, 6.07) is 14.3. The highest BCUT2D eigenvalue weighted by Gasteiger charge is 2.21. The number of guanidine groups is 1. The van der Waals surface area contributed by atoms with Crippen molar-refractivity contribution in [3.8, 4) is 5.75 Å². The van der Waals surface area contributed by atoms with E-state index in [0.717, 1.165) is 53.6 Å². The first-order chi connectivity index (χ1) is 14.1. The highest BCUT2D eigenvalue weighted by Crippen LogP contribution is 2.21. The molecule has 0 aromatic heterocycles. The van der Waals surface area contributed by atoms with Gasteiger partial charge in [0.15, 0.2) is 5.96 Å². The van der Waals surface area contributed by atoms with E-state index in [0.29, 0.717) is 19.5 Å². The fraction of sp³-hybridized carbons (Fsp3) is 0.391. The van der Waals surface area contributed by atoms with E-state index in [-0.39, 0.29) is 29.9 Å². The highest BCUT2D eigenvalue weighted by atomic mass is 127. The molecule has 1 fully saturated rings. The van der Waals surface area contributed by atoms with Gasteiger partial charge in [0.05, 0.1) is 13.7 Å². The van der Waals surface area contributed by atoms with Crippen LogP contribution in [0.4, 0.5) is 5.69 Å². The van der Waals surface area contributed by atoms with Gasteiger partial charge in [0.2, 0.25) is 5.91 Å². The lowest BCUT2D eigenvalue weighted by Crippen LogP contribution is -2.36. The number of halogens is 1. The zero-order valence-electron chi connectivity index (χ0n) is 17.9. The smallest absolute Gasteiger partial charge is 0.227 e. The third kappa shape index (κ3) is 6.62. The summed E-state index contributed by atoms with van der Waals surface area (Å²) >= 11 is 0. The average molecular weight is 522 g/mol. The Morgan fingerprint density at radius 3 is 2.53 bits per heavy atom. The number of carbonyl (C=O) groups excluding carboxylic acids is 1. The van der Waals surface area contributed by atoms with E-state index in [1.807, 2.05) is 29.2 Å². The molecule has 0 bridgehead atoms. The number of nitrogens with one attached hydrogen (secondary N) is 2. The van der Waals surface area contributed by atoms with E-state index < -0.39 is 0 Å². The van der Waals surface area contributed by atoms with Gasteiger partial charge >= 0.3 is 0 Å². The van der Waals surface area contributed by atoms with E-state index in [4.69, 9.17) is 9.73 Å². The average Bonchev–Trinajstić information content (AvgIpc) is 3.16. The van der Waals surface area contributed by atoms with Crippen molar-refractivity contribution in [1.29, 1.82) is 0 Å². The molecule has 1 aliphatic heterocycles. The van der Waals surface area contributed by atoms with Crippen LogP contribution in [0.25, 0.3) is 0 Å². The summed E-state index contributed by atoms with van der Waals surface area (Å²) in [5.41, 5.74) is 4.39. The Balaban J connectivity index is 0.00000320. The van der Waals surface area contributed by atoms with Gasteiger partial charge in [-0.15, -0.1) is 24.0 Å². The van der Waals surface area contributed by atoms with Gasteiger partial charge in [-0.1, -0.05) is 18.2 Å². The third-order valence-electron chi connectivity index (χ3n) is 4.89. The molecular formula is C23H31IN4O2. The molecule has 6 nitrogen and oxygen atoms in total. The van der Waals surface area contributed by atoms with E-state index >= 15 is 0 Å². The van der Waals surface area contributed by atoms with Crippen LogP contribution in [-0.4, -0.2) is 32.1 Å². The Labute approximate surface area is 196 Å². The Morgan fingerprint density at radius 1 is 1.13 bits per heavy atom. The third-order valence-corrected chi connectivity index (χ3v) is 4.89. The number of anilines is 1. The Morgan fingerprint density at radius 2 is 1.90 bits per heavy atom. The number of carbonyl (C=O) groups is 1. The maximum Gasteiger partial charge on any atom is 0.227 e. The minimum atomic E-state index is 0. The quantitative estimate of drug-likeness (QED) is 0.328. The monoisotopic (exact) mass is 522 g/mol. The minimum absolute atomic E-state index is 0. The molecule has 0 saturated carbocycles. The summed E-state index contributed by atoms with van der Waals surface area (Å²) in [6.07, 6.45) is 1.59. The number of nitrogens with zero attached hydrogens (tertiary/aromatic N) is 2. The van der Waals surface area contributed by atoms with Crippen LogP contribution in [0.3, 0.4) is 0 Å². The van der Waals surface area contributed by atoms with E-state index in [1.165, 1.54) is 0 Å². The largest absolute Gasteiger partial charge is 0.497 e. The van der Waals surface area contributed by atoms with Gasteiger partial charge in [0.1, 0.15) is 5.75 Å². The van der Waals surface area contributed by atoms with Gasteiger partial charge in [-0.2, -0.15) is 0 Å². The van der Waals surface area contributed by atoms with Crippen LogP contribution < -0.4 is 20.3 Å². The first-order valence-electron chi connectivity index (χ1n) is 10.1. The molecule has 7 heteroatoms. The van der Waals surface area contributed by atoms with Crippen molar-refractivity contribution in [3.05, 3.63) is 59.2 Å². The van der Waals surface area contributed by atoms with Crippen LogP contribution in [-0.2, 0) is 17.9 Å². The molecule has 2 aromatic rings. The standard InChI is InChI=1S/C23H30N4O2.HI/c1-4-24-23(26-16-19-12-17(2)13-21(14-19)29-3)25-15-18-7-9-20(10-8-18)27-11-5-6-22(27)28;/h7-10,12-14H,4-6,11,15-16H2,1-3H3,(H2,24,25,26);1H. The molecule has 2 N–H and O–H groups in total. The van der Waals surface area contributed by atoms with Crippen molar-refractivity contribution < 1.29 is 9.53 Å². The number of hydrogen-bond acceptors (Lipinski definition) is 3. The molecule has 30 heavy (non-hydrogen) atoms.